The Labute approximate surface area is 149 Å². The van der Waals surface area contributed by atoms with E-state index in [0.29, 0.717) is 32.1 Å². The Balaban J connectivity index is 1.36. The molecule has 2 amide bonds. The van der Waals surface area contributed by atoms with Crippen molar-refractivity contribution in [1.82, 2.24) is 19.6 Å². The van der Waals surface area contributed by atoms with Gasteiger partial charge in [-0.25, -0.2) is 0 Å². The molecule has 25 heavy (non-hydrogen) atoms. The highest BCUT2D eigenvalue weighted by atomic mass is 16.2. The molecule has 0 bridgehead atoms. The quantitative estimate of drug-likeness (QED) is 0.825. The Morgan fingerprint density at radius 2 is 1.60 bits per heavy atom. The molecule has 0 atom stereocenters. The van der Waals surface area contributed by atoms with Crippen LogP contribution >= 0.6 is 0 Å². The van der Waals surface area contributed by atoms with Crippen LogP contribution in [0.5, 0.6) is 0 Å². The van der Waals surface area contributed by atoms with Gasteiger partial charge in [-0.1, -0.05) is 19.3 Å². The Morgan fingerprint density at radius 1 is 0.880 bits per heavy atom. The number of nitrogens with zero attached hydrogens (tertiary/aromatic N) is 4. The molecular weight excluding hydrogens is 316 g/mol. The molecule has 2 aliphatic heterocycles. The van der Waals surface area contributed by atoms with E-state index in [0.717, 1.165) is 49.9 Å². The van der Waals surface area contributed by atoms with E-state index in [1.54, 1.807) is 6.20 Å². The van der Waals surface area contributed by atoms with E-state index in [9.17, 15) is 9.59 Å². The number of carbonyl (C=O) groups excluding carboxylic acids is 2. The number of hydrogen-bond acceptors (Lipinski definition) is 3. The summed E-state index contributed by atoms with van der Waals surface area (Å²) in [6.07, 6.45) is 10.7. The van der Waals surface area contributed by atoms with E-state index in [1.807, 2.05) is 14.5 Å². The number of hydrogen-bond donors (Lipinski definition) is 0. The molecule has 1 aromatic rings. The second kappa shape index (κ2) is 7.18. The van der Waals surface area contributed by atoms with Crippen LogP contribution in [0.15, 0.2) is 6.20 Å². The van der Waals surface area contributed by atoms with E-state index >= 15 is 0 Å². The lowest BCUT2D eigenvalue weighted by Gasteiger charge is -2.37. The first-order valence-corrected chi connectivity index (χ1v) is 9.87. The van der Waals surface area contributed by atoms with Gasteiger partial charge >= 0.3 is 0 Å². The Morgan fingerprint density at radius 3 is 2.36 bits per heavy atom. The molecule has 1 saturated carbocycles. The lowest BCUT2D eigenvalue weighted by Crippen LogP contribution is -2.52. The maximum absolute atomic E-state index is 12.9. The number of carbonyl (C=O) groups is 2. The third-order valence-electron chi connectivity index (χ3n) is 6.05. The van der Waals surface area contributed by atoms with Crippen molar-refractivity contribution < 1.29 is 9.59 Å². The third kappa shape index (κ3) is 3.31. The SMILES string of the molecule is O=C(c1cnn2c1CCCC2)N1CCN(C(=O)C2CCCCC2)CC1. The number of amides is 2. The fraction of sp³-hybridized carbons (Fsp3) is 0.737. The molecule has 0 radical (unpaired) electrons. The Bertz CT molecular complexity index is 640. The lowest BCUT2D eigenvalue weighted by molar-refractivity contribution is -0.138. The van der Waals surface area contributed by atoms with Crippen LogP contribution in [0.1, 0.15) is 61.0 Å². The van der Waals surface area contributed by atoms with Crippen LogP contribution in [0.2, 0.25) is 0 Å². The molecule has 1 aliphatic carbocycles. The molecule has 0 unspecified atom stereocenters. The van der Waals surface area contributed by atoms with Gasteiger partial charge in [-0.05, 0) is 32.1 Å². The van der Waals surface area contributed by atoms with Crippen molar-refractivity contribution in [3.05, 3.63) is 17.5 Å². The average Bonchev–Trinajstić information content (AvgIpc) is 3.12. The van der Waals surface area contributed by atoms with Gasteiger partial charge < -0.3 is 9.80 Å². The van der Waals surface area contributed by atoms with Crippen molar-refractivity contribution in [3.8, 4) is 0 Å². The third-order valence-corrected chi connectivity index (χ3v) is 6.05. The van der Waals surface area contributed by atoms with Gasteiger partial charge in [-0.2, -0.15) is 5.10 Å². The first-order valence-electron chi connectivity index (χ1n) is 9.87. The van der Waals surface area contributed by atoms with Gasteiger partial charge in [0.1, 0.15) is 0 Å². The number of piperazine rings is 1. The number of fused-ring (bicyclic) bond motifs is 1. The zero-order chi connectivity index (χ0) is 17.2. The van der Waals surface area contributed by atoms with Gasteiger partial charge in [0.25, 0.3) is 5.91 Å². The standard InChI is InChI=1S/C19H28N4O2/c24-18(15-6-2-1-3-7-15)21-10-12-22(13-11-21)19(25)16-14-20-23-9-5-4-8-17(16)23/h14-15H,1-13H2. The van der Waals surface area contributed by atoms with Gasteiger partial charge in [0.15, 0.2) is 0 Å². The van der Waals surface area contributed by atoms with Gasteiger partial charge in [0.2, 0.25) is 5.91 Å². The molecule has 6 nitrogen and oxygen atoms in total. The summed E-state index contributed by atoms with van der Waals surface area (Å²) in [4.78, 5) is 29.4. The zero-order valence-electron chi connectivity index (χ0n) is 15.0. The minimum absolute atomic E-state index is 0.0907. The smallest absolute Gasteiger partial charge is 0.257 e. The zero-order valence-corrected chi connectivity index (χ0v) is 15.0. The van der Waals surface area contributed by atoms with Crippen molar-refractivity contribution in [2.45, 2.75) is 57.9 Å². The molecule has 0 aromatic carbocycles. The number of rotatable bonds is 2. The average molecular weight is 344 g/mol. The minimum Gasteiger partial charge on any atom is -0.339 e. The molecule has 136 valence electrons. The Kier molecular flexibility index (Phi) is 4.77. The van der Waals surface area contributed by atoms with Gasteiger partial charge in [0, 0.05) is 38.6 Å². The molecular formula is C19H28N4O2. The molecule has 3 heterocycles. The number of aryl methyl sites for hydroxylation is 1. The van der Waals surface area contributed by atoms with Crippen LogP contribution in [0.4, 0.5) is 0 Å². The molecule has 3 aliphatic rings. The van der Waals surface area contributed by atoms with Gasteiger partial charge in [-0.3, -0.25) is 14.3 Å². The summed E-state index contributed by atoms with van der Waals surface area (Å²) in [5, 5.41) is 4.38. The van der Waals surface area contributed by atoms with Crippen LogP contribution in [0.3, 0.4) is 0 Å². The predicted molar refractivity (Wildman–Crippen MR) is 94.2 cm³/mol. The first-order chi connectivity index (χ1) is 12.2. The van der Waals surface area contributed by atoms with Crippen LogP contribution < -0.4 is 0 Å². The largest absolute Gasteiger partial charge is 0.339 e. The van der Waals surface area contributed by atoms with E-state index in [1.165, 1.54) is 19.3 Å². The van der Waals surface area contributed by atoms with E-state index < -0.39 is 0 Å². The van der Waals surface area contributed by atoms with Gasteiger partial charge in [0.05, 0.1) is 17.5 Å². The van der Waals surface area contributed by atoms with Crippen LogP contribution in [-0.2, 0) is 17.8 Å². The maximum atomic E-state index is 12.9. The molecule has 2 fully saturated rings. The van der Waals surface area contributed by atoms with Crippen LogP contribution in [-0.4, -0.2) is 57.6 Å². The van der Waals surface area contributed by atoms with Crippen molar-refractivity contribution in [1.29, 1.82) is 0 Å². The second-order valence-corrected chi connectivity index (χ2v) is 7.64. The lowest BCUT2D eigenvalue weighted by atomic mass is 9.88. The predicted octanol–water partition coefficient (Wildman–Crippen LogP) is 2.08. The highest BCUT2D eigenvalue weighted by Gasteiger charge is 2.31. The molecule has 6 heteroatoms. The fourth-order valence-corrected chi connectivity index (χ4v) is 4.51. The van der Waals surface area contributed by atoms with Crippen molar-refractivity contribution in [2.75, 3.05) is 26.2 Å². The second-order valence-electron chi connectivity index (χ2n) is 7.64. The van der Waals surface area contributed by atoms with E-state index in [-0.39, 0.29) is 11.8 Å². The maximum Gasteiger partial charge on any atom is 0.257 e. The minimum atomic E-state index is 0.0907. The van der Waals surface area contributed by atoms with Crippen molar-refractivity contribution >= 4 is 11.8 Å². The topological polar surface area (TPSA) is 58.4 Å². The van der Waals surface area contributed by atoms with Crippen molar-refractivity contribution in [3.63, 3.8) is 0 Å². The highest BCUT2D eigenvalue weighted by molar-refractivity contribution is 5.95. The molecule has 1 saturated heterocycles. The summed E-state index contributed by atoms with van der Waals surface area (Å²) in [6, 6.07) is 0. The fourth-order valence-electron chi connectivity index (χ4n) is 4.51. The first kappa shape index (κ1) is 16.6. The normalized spacial score (nSPS) is 21.9. The summed E-state index contributed by atoms with van der Waals surface area (Å²) in [5.74, 6) is 0.626. The summed E-state index contributed by atoms with van der Waals surface area (Å²) in [7, 11) is 0. The van der Waals surface area contributed by atoms with Gasteiger partial charge in [-0.15, -0.1) is 0 Å². The molecule has 1 aromatic heterocycles. The summed E-state index contributed by atoms with van der Waals surface area (Å²) >= 11 is 0. The Hall–Kier alpha value is -1.85. The summed E-state index contributed by atoms with van der Waals surface area (Å²) in [5.41, 5.74) is 1.86. The van der Waals surface area contributed by atoms with Crippen LogP contribution in [0, 0.1) is 5.92 Å². The number of aromatic nitrogens is 2. The van der Waals surface area contributed by atoms with E-state index in [2.05, 4.69) is 5.10 Å². The summed E-state index contributed by atoms with van der Waals surface area (Å²) in [6.45, 7) is 3.55. The molecule has 4 rings (SSSR count). The molecule has 0 N–H and O–H groups in total. The molecule has 0 spiro atoms. The summed E-state index contributed by atoms with van der Waals surface area (Å²) < 4.78 is 1.99. The van der Waals surface area contributed by atoms with Crippen molar-refractivity contribution in [2.24, 2.45) is 5.92 Å². The monoisotopic (exact) mass is 344 g/mol. The van der Waals surface area contributed by atoms with Crippen LogP contribution in [0.25, 0.3) is 0 Å². The van der Waals surface area contributed by atoms with E-state index in [4.69, 9.17) is 0 Å². The highest BCUT2D eigenvalue weighted by Crippen LogP contribution is 2.26.